The van der Waals surface area contributed by atoms with Crippen molar-refractivity contribution in [3.63, 3.8) is 0 Å². The molecule has 20 heavy (non-hydrogen) atoms. The van der Waals surface area contributed by atoms with Crippen LogP contribution in [0.4, 0.5) is 0 Å². The van der Waals surface area contributed by atoms with E-state index in [4.69, 9.17) is 0 Å². The van der Waals surface area contributed by atoms with Crippen molar-refractivity contribution in [2.24, 2.45) is 22.7 Å². The second-order valence-electron chi connectivity index (χ2n) is 7.49. The van der Waals surface area contributed by atoms with Crippen LogP contribution in [0.25, 0.3) is 0 Å². The Balaban J connectivity index is -0.000000656. The molecule has 1 heteroatoms. The van der Waals surface area contributed by atoms with E-state index in [0.717, 1.165) is 6.42 Å². The van der Waals surface area contributed by atoms with Crippen LogP contribution in [0.3, 0.4) is 0 Å². The van der Waals surface area contributed by atoms with E-state index < -0.39 is 5.60 Å². The first-order valence-electron chi connectivity index (χ1n) is 8.55. The molecule has 0 bridgehead atoms. The van der Waals surface area contributed by atoms with Gasteiger partial charge in [-0.1, -0.05) is 76.2 Å². The Kier molecular flexibility index (Phi) is 12.2. The van der Waals surface area contributed by atoms with Gasteiger partial charge in [-0.15, -0.1) is 0 Å². The quantitative estimate of drug-likeness (QED) is 0.608. The lowest BCUT2D eigenvalue weighted by Crippen LogP contribution is -2.49. The van der Waals surface area contributed by atoms with Crippen molar-refractivity contribution in [3.05, 3.63) is 0 Å². The smallest absolute Gasteiger partial charge is 0.0647 e. The zero-order valence-electron chi connectivity index (χ0n) is 16.8. The van der Waals surface area contributed by atoms with E-state index in [1.165, 1.54) is 0 Å². The SMILES string of the molecule is CC.CC.CC(C)C(C)CC(C)(C)C(C)(C)C(C)(C)O. The van der Waals surface area contributed by atoms with Crippen molar-refractivity contribution >= 4 is 0 Å². The van der Waals surface area contributed by atoms with E-state index in [-0.39, 0.29) is 10.8 Å². The van der Waals surface area contributed by atoms with Crippen LogP contribution in [0.5, 0.6) is 0 Å². The average Bonchev–Trinajstić information content (AvgIpc) is 2.31. The second kappa shape index (κ2) is 9.82. The Bertz CT molecular complexity index is 218. The molecule has 0 fully saturated rings. The third-order valence-corrected chi connectivity index (χ3v) is 5.19. The van der Waals surface area contributed by atoms with Crippen molar-refractivity contribution in [2.45, 2.75) is 102 Å². The van der Waals surface area contributed by atoms with Crippen molar-refractivity contribution in [1.82, 2.24) is 0 Å². The summed E-state index contributed by atoms with van der Waals surface area (Å²) in [7, 11) is 0. The van der Waals surface area contributed by atoms with Crippen LogP contribution in [-0.2, 0) is 0 Å². The minimum Gasteiger partial charge on any atom is -0.390 e. The fourth-order valence-electron chi connectivity index (χ4n) is 2.12. The summed E-state index contributed by atoms with van der Waals surface area (Å²) in [6, 6.07) is 0. The Morgan fingerprint density at radius 1 is 0.750 bits per heavy atom. The third-order valence-electron chi connectivity index (χ3n) is 5.19. The van der Waals surface area contributed by atoms with Gasteiger partial charge >= 0.3 is 0 Å². The lowest BCUT2D eigenvalue weighted by atomic mass is 9.57. The minimum atomic E-state index is -0.646. The van der Waals surface area contributed by atoms with E-state index in [0.29, 0.717) is 11.8 Å². The van der Waals surface area contributed by atoms with Crippen LogP contribution in [-0.4, -0.2) is 10.7 Å². The standard InChI is InChI=1S/C15H32O.2C2H6/c1-11(2)12(3)10-13(4,5)14(6,7)15(8,9)16;2*1-2/h11-12,16H,10H2,1-9H3;2*1-2H3. The van der Waals surface area contributed by atoms with E-state index in [2.05, 4.69) is 48.5 Å². The molecular formula is C19H44O. The highest BCUT2D eigenvalue weighted by molar-refractivity contribution is 4.97. The van der Waals surface area contributed by atoms with E-state index in [1.807, 2.05) is 41.5 Å². The molecule has 126 valence electrons. The van der Waals surface area contributed by atoms with Crippen molar-refractivity contribution < 1.29 is 5.11 Å². The number of hydrogen-bond donors (Lipinski definition) is 1. The molecule has 0 aromatic heterocycles. The highest BCUT2D eigenvalue weighted by Crippen LogP contribution is 2.50. The first-order valence-corrected chi connectivity index (χ1v) is 8.55. The zero-order chi connectivity index (χ0) is 17.4. The summed E-state index contributed by atoms with van der Waals surface area (Å²) >= 11 is 0. The average molecular weight is 289 g/mol. The summed E-state index contributed by atoms with van der Waals surface area (Å²) in [5.74, 6) is 1.40. The summed E-state index contributed by atoms with van der Waals surface area (Å²) in [6.07, 6.45) is 1.15. The number of rotatable bonds is 5. The van der Waals surface area contributed by atoms with E-state index >= 15 is 0 Å². The van der Waals surface area contributed by atoms with Gasteiger partial charge in [-0.3, -0.25) is 0 Å². The lowest BCUT2D eigenvalue weighted by molar-refractivity contribution is -0.109. The number of hydrogen-bond acceptors (Lipinski definition) is 1. The van der Waals surface area contributed by atoms with Crippen molar-refractivity contribution in [2.75, 3.05) is 0 Å². The molecule has 0 saturated carbocycles. The Morgan fingerprint density at radius 2 is 1.05 bits per heavy atom. The van der Waals surface area contributed by atoms with Crippen LogP contribution >= 0.6 is 0 Å². The molecule has 0 spiro atoms. The molecule has 1 atom stereocenters. The van der Waals surface area contributed by atoms with Gasteiger partial charge in [0.25, 0.3) is 0 Å². The Labute approximate surface area is 130 Å². The van der Waals surface area contributed by atoms with Gasteiger partial charge < -0.3 is 5.11 Å². The van der Waals surface area contributed by atoms with Crippen LogP contribution in [0, 0.1) is 22.7 Å². The topological polar surface area (TPSA) is 20.2 Å². The summed E-state index contributed by atoms with van der Waals surface area (Å²) in [6.45, 7) is 27.6. The van der Waals surface area contributed by atoms with Gasteiger partial charge in [0.05, 0.1) is 5.60 Å². The molecule has 0 amide bonds. The van der Waals surface area contributed by atoms with Crippen molar-refractivity contribution in [1.29, 1.82) is 0 Å². The summed E-state index contributed by atoms with van der Waals surface area (Å²) < 4.78 is 0. The molecule has 0 aromatic carbocycles. The molecule has 0 aliphatic rings. The Hall–Kier alpha value is -0.0400. The fourth-order valence-corrected chi connectivity index (χ4v) is 2.12. The summed E-state index contributed by atoms with van der Waals surface area (Å²) in [5, 5.41) is 10.3. The maximum Gasteiger partial charge on any atom is 0.0647 e. The minimum absolute atomic E-state index is 0.0941. The maximum atomic E-state index is 10.3. The van der Waals surface area contributed by atoms with Gasteiger partial charge in [0.15, 0.2) is 0 Å². The molecule has 0 aromatic rings. The molecule has 1 nitrogen and oxygen atoms in total. The molecule has 0 aliphatic carbocycles. The first-order chi connectivity index (χ1) is 8.83. The van der Waals surface area contributed by atoms with Gasteiger partial charge in [0.1, 0.15) is 0 Å². The summed E-state index contributed by atoms with van der Waals surface area (Å²) in [5.41, 5.74) is -0.606. The van der Waals surface area contributed by atoms with E-state index in [1.54, 1.807) is 0 Å². The van der Waals surface area contributed by atoms with Gasteiger partial charge in [-0.05, 0) is 42.9 Å². The maximum absolute atomic E-state index is 10.3. The van der Waals surface area contributed by atoms with Crippen molar-refractivity contribution in [3.8, 4) is 0 Å². The highest BCUT2D eigenvalue weighted by Gasteiger charge is 2.47. The molecule has 0 saturated heterocycles. The molecular weight excluding hydrogens is 244 g/mol. The molecule has 1 N–H and O–H groups in total. The molecule has 1 unspecified atom stereocenters. The zero-order valence-corrected chi connectivity index (χ0v) is 16.8. The van der Waals surface area contributed by atoms with Gasteiger partial charge in [0, 0.05) is 0 Å². The predicted octanol–water partition coefficient (Wildman–Crippen LogP) is 6.54. The van der Waals surface area contributed by atoms with Crippen LogP contribution in [0.1, 0.15) is 96.4 Å². The molecule has 0 aliphatic heterocycles. The van der Waals surface area contributed by atoms with Crippen LogP contribution < -0.4 is 0 Å². The van der Waals surface area contributed by atoms with Gasteiger partial charge in [-0.25, -0.2) is 0 Å². The fraction of sp³-hybridized carbons (Fsp3) is 1.00. The summed E-state index contributed by atoms with van der Waals surface area (Å²) in [4.78, 5) is 0. The van der Waals surface area contributed by atoms with Gasteiger partial charge in [-0.2, -0.15) is 0 Å². The van der Waals surface area contributed by atoms with Gasteiger partial charge in [0.2, 0.25) is 0 Å². The first kappa shape index (κ1) is 24.9. The highest BCUT2D eigenvalue weighted by atomic mass is 16.3. The predicted molar refractivity (Wildman–Crippen MR) is 95.2 cm³/mol. The third kappa shape index (κ3) is 7.11. The molecule has 0 rings (SSSR count). The molecule has 0 heterocycles. The largest absolute Gasteiger partial charge is 0.390 e. The second-order valence-corrected chi connectivity index (χ2v) is 7.49. The lowest BCUT2D eigenvalue weighted by Gasteiger charge is -2.50. The van der Waals surface area contributed by atoms with Crippen LogP contribution in [0.15, 0.2) is 0 Å². The number of aliphatic hydroxyl groups is 1. The monoisotopic (exact) mass is 288 g/mol. The normalized spacial score (nSPS) is 13.9. The molecule has 0 radical (unpaired) electrons. The van der Waals surface area contributed by atoms with Crippen LogP contribution in [0.2, 0.25) is 0 Å². The Morgan fingerprint density at radius 3 is 1.25 bits per heavy atom. The van der Waals surface area contributed by atoms with E-state index in [9.17, 15) is 5.11 Å².